The number of ether oxygens (including phenoxy) is 1. The molecule has 1 heterocycles. The topological polar surface area (TPSA) is 79.0 Å². The van der Waals surface area contributed by atoms with Gasteiger partial charge in [-0.15, -0.1) is 0 Å². The molecule has 0 bridgehead atoms. The predicted molar refractivity (Wildman–Crippen MR) is 91.3 cm³/mol. The van der Waals surface area contributed by atoms with Gasteiger partial charge in [-0.25, -0.2) is 4.79 Å². The molecule has 0 aromatic carbocycles. The lowest BCUT2D eigenvalue weighted by atomic mass is 9.87. The van der Waals surface area contributed by atoms with Crippen LogP contribution in [0.3, 0.4) is 0 Å². The van der Waals surface area contributed by atoms with Crippen LogP contribution in [0.25, 0.3) is 0 Å². The van der Waals surface area contributed by atoms with Crippen LogP contribution in [-0.2, 0) is 11.3 Å². The average Bonchev–Trinajstić information content (AvgIpc) is 2.90. The first-order chi connectivity index (χ1) is 10.9. The zero-order valence-electron chi connectivity index (χ0n) is 14.6. The number of hydrogen-bond acceptors (Lipinski definition) is 4. The zero-order chi connectivity index (χ0) is 16.7. The van der Waals surface area contributed by atoms with E-state index in [0.717, 1.165) is 18.0 Å². The number of hydrogen-bond donors (Lipinski definition) is 3. The summed E-state index contributed by atoms with van der Waals surface area (Å²) in [6, 6.07) is 0. The number of carbonyl (C=O) groups is 1. The fourth-order valence-corrected chi connectivity index (χ4v) is 2.96. The second-order valence-electron chi connectivity index (χ2n) is 7.37. The zero-order valence-corrected chi connectivity index (χ0v) is 14.6. The van der Waals surface area contributed by atoms with E-state index in [0.29, 0.717) is 12.4 Å². The van der Waals surface area contributed by atoms with Crippen LogP contribution < -0.4 is 10.6 Å². The minimum absolute atomic E-state index is 0.467. The fraction of sp³-hybridized carbons (Fsp3) is 0.765. The fourth-order valence-electron chi connectivity index (χ4n) is 2.96. The van der Waals surface area contributed by atoms with Crippen LogP contribution in [0.4, 0.5) is 10.6 Å². The van der Waals surface area contributed by atoms with Gasteiger partial charge in [0.25, 0.3) is 0 Å². The molecule has 23 heavy (non-hydrogen) atoms. The second kappa shape index (κ2) is 8.34. The van der Waals surface area contributed by atoms with Gasteiger partial charge in [-0.1, -0.05) is 32.1 Å². The normalized spacial score (nSPS) is 16.3. The number of amides is 1. The van der Waals surface area contributed by atoms with Crippen molar-refractivity contribution in [2.24, 2.45) is 5.92 Å². The van der Waals surface area contributed by atoms with Crippen molar-refractivity contribution in [2.75, 3.05) is 11.9 Å². The van der Waals surface area contributed by atoms with Gasteiger partial charge in [-0.3, -0.25) is 10.4 Å². The molecule has 1 aliphatic rings. The summed E-state index contributed by atoms with van der Waals surface area (Å²) in [6.07, 6.45) is 9.42. The van der Waals surface area contributed by atoms with E-state index in [2.05, 4.69) is 20.8 Å². The van der Waals surface area contributed by atoms with Crippen molar-refractivity contribution in [1.29, 1.82) is 0 Å². The van der Waals surface area contributed by atoms with Gasteiger partial charge in [0.05, 0.1) is 6.20 Å². The summed E-state index contributed by atoms with van der Waals surface area (Å²) in [6.45, 7) is 7.21. The van der Waals surface area contributed by atoms with Crippen molar-refractivity contribution < 1.29 is 9.53 Å². The Morgan fingerprint density at radius 3 is 2.78 bits per heavy atom. The molecule has 0 unspecified atom stereocenters. The monoisotopic (exact) mass is 322 g/mol. The molecule has 0 spiro atoms. The molecule has 1 aromatic rings. The second-order valence-corrected chi connectivity index (χ2v) is 7.37. The first-order valence-electron chi connectivity index (χ1n) is 8.67. The van der Waals surface area contributed by atoms with E-state index in [4.69, 9.17) is 4.74 Å². The van der Waals surface area contributed by atoms with Gasteiger partial charge in [0.15, 0.2) is 0 Å². The summed E-state index contributed by atoms with van der Waals surface area (Å²) in [4.78, 5) is 11.8. The molecule has 1 saturated carbocycles. The van der Waals surface area contributed by atoms with Crippen LogP contribution in [-0.4, -0.2) is 28.4 Å². The minimum Gasteiger partial charge on any atom is -0.444 e. The van der Waals surface area contributed by atoms with Crippen molar-refractivity contribution in [3.63, 3.8) is 0 Å². The van der Waals surface area contributed by atoms with Crippen molar-refractivity contribution in [1.82, 2.24) is 15.5 Å². The first kappa shape index (κ1) is 17.8. The number of aromatic nitrogens is 2. The first-order valence-corrected chi connectivity index (χ1v) is 8.67. The Balaban J connectivity index is 1.71. The average molecular weight is 322 g/mol. The molecule has 1 fully saturated rings. The maximum atomic E-state index is 11.8. The molecule has 3 N–H and O–H groups in total. The lowest BCUT2D eigenvalue weighted by Crippen LogP contribution is -2.28. The quantitative estimate of drug-likeness (QED) is 0.696. The van der Waals surface area contributed by atoms with E-state index < -0.39 is 11.7 Å². The van der Waals surface area contributed by atoms with Crippen LogP contribution in [0.1, 0.15) is 64.9 Å². The molecule has 2 rings (SSSR count). The molecule has 0 saturated heterocycles. The maximum absolute atomic E-state index is 11.8. The van der Waals surface area contributed by atoms with Gasteiger partial charge < -0.3 is 10.1 Å². The molecule has 1 aromatic heterocycles. The highest BCUT2D eigenvalue weighted by atomic mass is 16.6. The van der Waals surface area contributed by atoms with Gasteiger partial charge in [-0.2, -0.15) is 5.10 Å². The van der Waals surface area contributed by atoms with Crippen LogP contribution in [0.15, 0.2) is 6.20 Å². The van der Waals surface area contributed by atoms with E-state index >= 15 is 0 Å². The number of anilines is 1. The van der Waals surface area contributed by atoms with Crippen molar-refractivity contribution >= 4 is 11.9 Å². The molecule has 0 atom stereocenters. The Labute approximate surface area is 138 Å². The Bertz CT molecular complexity index is 487. The number of aromatic amines is 1. The molecule has 1 amide bonds. The third-order valence-corrected chi connectivity index (χ3v) is 4.11. The maximum Gasteiger partial charge on any atom is 0.413 e. The Kier molecular flexibility index (Phi) is 6.45. The largest absolute Gasteiger partial charge is 0.444 e. The molecule has 0 radical (unpaired) electrons. The minimum atomic E-state index is -0.511. The molecule has 6 heteroatoms. The lowest BCUT2D eigenvalue weighted by molar-refractivity contribution is 0.0635. The highest BCUT2D eigenvalue weighted by Gasteiger charge is 2.18. The highest BCUT2D eigenvalue weighted by molar-refractivity contribution is 5.84. The van der Waals surface area contributed by atoms with Crippen molar-refractivity contribution in [2.45, 2.75) is 71.4 Å². The summed E-state index contributed by atoms with van der Waals surface area (Å²) in [5, 5.41) is 13.0. The van der Waals surface area contributed by atoms with E-state index in [1.807, 2.05) is 20.8 Å². The van der Waals surface area contributed by atoms with Gasteiger partial charge in [0.1, 0.15) is 11.4 Å². The standard InChI is InChI=1S/C17H30N4O2/c1-17(2,3)23-16(22)20-15-14(12-19-21-15)11-18-10-9-13-7-5-4-6-8-13/h12-13,18H,4-11H2,1-3H3,(H2,19,20,21,22). The van der Waals surface area contributed by atoms with E-state index in [1.165, 1.54) is 38.5 Å². The third kappa shape index (κ3) is 6.60. The number of rotatable bonds is 6. The molecular formula is C17H30N4O2. The van der Waals surface area contributed by atoms with Gasteiger partial charge in [0, 0.05) is 12.1 Å². The summed E-state index contributed by atoms with van der Waals surface area (Å²) in [7, 11) is 0. The van der Waals surface area contributed by atoms with E-state index in [-0.39, 0.29) is 0 Å². The summed E-state index contributed by atoms with van der Waals surface area (Å²) in [5.41, 5.74) is 0.433. The van der Waals surface area contributed by atoms with Gasteiger partial charge in [0.2, 0.25) is 0 Å². The lowest BCUT2D eigenvalue weighted by Gasteiger charge is -2.21. The van der Waals surface area contributed by atoms with Crippen LogP contribution in [0.5, 0.6) is 0 Å². The Hall–Kier alpha value is -1.56. The van der Waals surface area contributed by atoms with Crippen LogP contribution in [0, 0.1) is 5.92 Å². The van der Waals surface area contributed by atoms with E-state index in [1.54, 1.807) is 6.20 Å². The van der Waals surface area contributed by atoms with E-state index in [9.17, 15) is 4.79 Å². The SMILES string of the molecule is CC(C)(C)OC(=O)Nc1[nH]ncc1CNCCC1CCCCC1. The smallest absolute Gasteiger partial charge is 0.413 e. The molecule has 1 aliphatic carbocycles. The molecule has 6 nitrogen and oxygen atoms in total. The van der Waals surface area contributed by atoms with Crippen LogP contribution in [0.2, 0.25) is 0 Å². The Morgan fingerprint density at radius 1 is 1.35 bits per heavy atom. The number of nitrogens with zero attached hydrogens (tertiary/aromatic N) is 1. The number of carbonyl (C=O) groups excluding carboxylic acids is 1. The summed E-state index contributed by atoms with van der Waals surface area (Å²) in [5.74, 6) is 1.48. The third-order valence-electron chi connectivity index (χ3n) is 4.11. The summed E-state index contributed by atoms with van der Waals surface area (Å²) >= 11 is 0. The van der Waals surface area contributed by atoms with Crippen molar-refractivity contribution in [3.8, 4) is 0 Å². The summed E-state index contributed by atoms with van der Waals surface area (Å²) < 4.78 is 5.25. The molecule has 0 aliphatic heterocycles. The molecule has 130 valence electrons. The van der Waals surface area contributed by atoms with Gasteiger partial charge in [-0.05, 0) is 39.7 Å². The Morgan fingerprint density at radius 2 is 2.09 bits per heavy atom. The predicted octanol–water partition coefficient (Wildman–Crippen LogP) is 3.82. The number of H-pyrrole nitrogens is 1. The highest BCUT2D eigenvalue weighted by Crippen LogP contribution is 2.25. The molecular weight excluding hydrogens is 292 g/mol. The van der Waals surface area contributed by atoms with Gasteiger partial charge >= 0.3 is 6.09 Å². The van der Waals surface area contributed by atoms with Crippen molar-refractivity contribution in [3.05, 3.63) is 11.8 Å². The van der Waals surface area contributed by atoms with Crippen LogP contribution >= 0.6 is 0 Å². The number of nitrogens with one attached hydrogen (secondary N) is 3.